The van der Waals surface area contributed by atoms with Crippen LogP contribution in [0.15, 0.2) is 36.5 Å². The van der Waals surface area contributed by atoms with Gasteiger partial charge in [-0.3, -0.25) is 0 Å². The second kappa shape index (κ2) is 33.5. The van der Waals surface area contributed by atoms with Crippen molar-refractivity contribution in [1.29, 1.82) is 0 Å². The molecular formula is C41H77NO2. The van der Waals surface area contributed by atoms with E-state index in [1.54, 1.807) is 0 Å². The lowest BCUT2D eigenvalue weighted by Gasteiger charge is -2.22. The maximum Gasteiger partial charge on any atom is 0.0673 e. The Morgan fingerprint density at radius 2 is 1.05 bits per heavy atom. The molecule has 0 aromatic carbocycles. The van der Waals surface area contributed by atoms with E-state index in [1.165, 1.54) is 154 Å². The van der Waals surface area contributed by atoms with Gasteiger partial charge in [0.1, 0.15) is 0 Å². The fourth-order valence-corrected chi connectivity index (χ4v) is 6.20. The highest BCUT2D eigenvalue weighted by atomic mass is 16.5. The van der Waals surface area contributed by atoms with E-state index < -0.39 is 0 Å². The predicted molar refractivity (Wildman–Crippen MR) is 196 cm³/mol. The number of nitrogens with zero attached hydrogens (tertiary/aromatic N) is 1. The molecule has 0 saturated carbocycles. The van der Waals surface area contributed by atoms with Crippen molar-refractivity contribution in [3.63, 3.8) is 0 Å². The number of ether oxygens (including phenoxy) is 2. The molecule has 1 saturated heterocycles. The molecule has 1 aliphatic rings. The average molecular weight is 616 g/mol. The number of rotatable bonds is 33. The van der Waals surface area contributed by atoms with Crippen molar-refractivity contribution in [3.05, 3.63) is 36.5 Å². The maximum absolute atomic E-state index is 6.47. The lowest BCUT2D eigenvalue weighted by Crippen LogP contribution is -2.30. The molecule has 1 heterocycles. The smallest absolute Gasteiger partial charge is 0.0673 e. The summed E-state index contributed by atoms with van der Waals surface area (Å²) in [4.78, 5) is 2.56. The van der Waals surface area contributed by atoms with Gasteiger partial charge in [-0.15, -0.1) is 0 Å². The van der Waals surface area contributed by atoms with Crippen molar-refractivity contribution in [1.82, 2.24) is 4.90 Å². The highest BCUT2D eigenvalue weighted by Crippen LogP contribution is 2.16. The first-order valence-electron chi connectivity index (χ1n) is 19.7. The Morgan fingerprint density at radius 1 is 0.523 bits per heavy atom. The summed E-state index contributed by atoms with van der Waals surface area (Å²) in [5, 5.41) is 0. The largest absolute Gasteiger partial charge is 0.378 e. The molecule has 44 heavy (non-hydrogen) atoms. The van der Waals surface area contributed by atoms with Crippen molar-refractivity contribution >= 4 is 0 Å². The van der Waals surface area contributed by atoms with Gasteiger partial charge in [-0.25, -0.2) is 0 Å². The highest BCUT2D eigenvalue weighted by molar-refractivity contribution is 4.92. The van der Waals surface area contributed by atoms with Crippen LogP contribution < -0.4 is 0 Å². The zero-order valence-electron chi connectivity index (χ0n) is 30.1. The van der Waals surface area contributed by atoms with Crippen LogP contribution in [-0.4, -0.2) is 50.0 Å². The van der Waals surface area contributed by atoms with Crippen molar-refractivity contribution in [2.45, 2.75) is 193 Å². The Balaban J connectivity index is 2.15. The lowest BCUT2D eigenvalue weighted by molar-refractivity contribution is 0.0130. The van der Waals surface area contributed by atoms with Crippen LogP contribution in [0.5, 0.6) is 0 Å². The van der Waals surface area contributed by atoms with E-state index in [-0.39, 0.29) is 0 Å². The molecule has 0 aliphatic carbocycles. The van der Waals surface area contributed by atoms with E-state index in [0.717, 1.165) is 39.0 Å². The van der Waals surface area contributed by atoms with E-state index >= 15 is 0 Å². The number of hydrogen-bond acceptors (Lipinski definition) is 3. The minimum Gasteiger partial charge on any atom is -0.378 e. The standard InChI is InChI=1S/C41H77NO2/c1-4-6-8-10-12-14-16-18-19-21-23-25-27-31-37-44-41(34-32-38-43-40(3)39-42-35-29-30-36-42)33-28-26-24-22-20-17-15-13-11-9-7-5-2/h8,10,14,16,20,22,40-41H,4-7,9,11-13,15,17-19,21,23-39H2,1-3H3. The summed E-state index contributed by atoms with van der Waals surface area (Å²) >= 11 is 0. The van der Waals surface area contributed by atoms with Gasteiger partial charge in [-0.2, -0.15) is 0 Å². The zero-order valence-corrected chi connectivity index (χ0v) is 30.1. The summed E-state index contributed by atoms with van der Waals surface area (Å²) < 4.78 is 12.7. The molecule has 2 unspecified atom stereocenters. The molecule has 0 bridgehead atoms. The summed E-state index contributed by atoms with van der Waals surface area (Å²) in [7, 11) is 0. The topological polar surface area (TPSA) is 21.7 Å². The minimum absolute atomic E-state index is 0.347. The molecule has 0 N–H and O–H groups in total. The Kier molecular flexibility index (Phi) is 31.3. The van der Waals surface area contributed by atoms with Gasteiger partial charge in [0.05, 0.1) is 12.2 Å². The van der Waals surface area contributed by atoms with Crippen LogP contribution in [0, 0.1) is 0 Å². The number of allylic oxidation sites excluding steroid dienone is 6. The summed E-state index contributed by atoms with van der Waals surface area (Å²) in [6.45, 7) is 12.2. The predicted octanol–water partition coefficient (Wildman–Crippen LogP) is 12.6. The van der Waals surface area contributed by atoms with Crippen molar-refractivity contribution in [3.8, 4) is 0 Å². The highest BCUT2D eigenvalue weighted by Gasteiger charge is 2.15. The van der Waals surface area contributed by atoms with Gasteiger partial charge in [0.2, 0.25) is 0 Å². The molecular weight excluding hydrogens is 538 g/mol. The van der Waals surface area contributed by atoms with E-state index in [1.807, 2.05) is 0 Å². The molecule has 1 aliphatic heterocycles. The Bertz CT molecular complexity index is 651. The monoisotopic (exact) mass is 616 g/mol. The first-order valence-corrected chi connectivity index (χ1v) is 19.7. The van der Waals surface area contributed by atoms with E-state index in [4.69, 9.17) is 9.47 Å². The number of hydrogen-bond donors (Lipinski definition) is 0. The van der Waals surface area contributed by atoms with Crippen LogP contribution in [-0.2, 0) is 9.47 Å². The molecule has 0 aromatic heterocycles. The summed E-state index contributed by atoms with van der Waals surface area (Å²) in [6, 6.07) is 0. The van der Waals surface area contributed by atoms with Gasteiger partial charge < -0.3 is 14.4 Å². The molecule has 0 radical (unpaired) electrons. The van der Waals surface area contributed by atoms with Crippen LogP contribution >= 0.6 is 0 Å². The first kappa shape index (κ1) is 41.1. The van der Waals surface area contributed by atoms with Crippen molar-refractivity contribution in [2.24, 2.45) is 0 Å². The van der Waals surface area contributed by atoms with E-state index in [2.05, 4.69) is 62.1 Å². The van der Waals surface area contributed by atoms with Crippen LogP contribution in [0.25, 0.3) is 0 Å². The second-order valence-corrected chi connectivity index (χ2v) is 13.5. The van der Waals surface area contributed by atoms with Crippen molar-refractivity contribution in [2.75, 3.05) is 32.8 Å². The maximum atomic E-state index is 6.47. The van der Waals surface area contributed by atoms with E-state index in [9.17, 15) is 0 Å². The molecule has 3 nitrogen and oxygen atoms in total. The molecule has 3 heteroatoms. The third kappa shape index (κ3) is 28.6. The minimum atomic E-state index is 0.347. The van der Waals surface area contributed by atoms with Crippen LogP contribution in [0.1, 0.15) is 181 Å². The van der Waals surface area contributed by atoms with Crippen LogP contribution in [0.4, 0.5) is 0 Å². The Hall–Kier alpha value is -0.900. The summed E-state index contributed by atoms with van der Waals surface area (Å²) in [5.74, 6) is 0. The van der Waals surface area contributed by atoms with Gasteiger partial charge in [-0.05, 0) is 110 Å². The van der Waals surface area contributed by atoms with E-state index in [0.29, 0.717) is 12.2 Å². The van der Waals surface area contributed by atoms with Gasteiger partial charge >= 0.3 is 0 Å². The quantitative estimate of drug-likeness (QED) is 0.0541. The summed E-state index contributed by atoms with van der Waals surface area (Å²) in [6.07, 6.45) is 47.3. The molecule has 0 aromatic rings. The van der Waals surface area contributed by atoms with Crippen LogP contribution in [0.2, 0.25) is 0 Å². The molecule has 258 valence electrons. The van der Waals surface area contributed by atoms with Crippen molar-refractivity contribution < 1.29 is 9.47 Å². The lowest BCUT2D eigenvalue weighted by atomic mass is 10.1. The molecule has 0 amide bonds. The molecule has 2 atom stereocenters. The number of likely N-dealkylation sites (tertiary alicyclic amines) is 1. The van der Waals surface area contributed by atoms with Gasteiger partial charge in [0.25, 0.3) is 0 Å². The third-order valence-electron chi connectivity index (χ3n) is 9.00. The van der Waals surface area contributed by atoms with Gasteiger partial charge in [-0.1, -0.05) is 121 Å². The number of unbranched alkanes of at least 4 members (excludes halogenated alkanes) is 15. The van der Waals surface area contributed by atoms with Gasteiger partial charge in [0, 0.05) is 19.8 Å². The van der Waals surface area contributed by atoms with Gasteiger partial charge in [0.15, 0.2) is 0 Å². The Morgan fingerprint density at radius 3 is 1.70 bits per heavy atom. The van der Waals surface area contributed by atoms with Crippen LogP contribution in [0.3, 0.4) is 0 Å². The fraction of sp³-hybridized carbons (Fsp3) is 0.854. The Labute approximate surface area is 276 Å². The normalized spacial score (nSPS) is 15.9. The third-order valence-corrected chi connectivity index (χ3v) is 9.00. The first-order chi connectivity index (χ1) is 21.8. The second-order valence-electron chi connectivity index (χ2n) is 13.5. The SMILES string of the molecule is CCCC=CCC=CCCCCCCCCOC(CCCCC=CCCCCCCCC)CCCOC(C)CN1CCCC1. The summed E-state index contributed by atoms with van der Waals surface area (Å²) in [5.41, 5.74) is 0. The zero-order chi connectivity index (χ0) is 31.6. The molecule has 1 fully saturated rings. The molecule has 1 rings (SSSR count). The molecule has 0 spiro atoms. The average Bonchev–Trinajstić information content (AvgIpc) is 3.54. The fourth-order valence-electron chi connectivity index (χ4n) is 6.20.